The molecule has 0 fully saturated rings. The number of carbonyl (C=O) groups excluding carboxylic acids is 2. The number of hydrogen-bond donors (Lipinski definition) is 5. The summed E-state index contributed by atoms with van der Waals surface area (Å²) in [5, 5.41) is 12.8. The first-order valence-corrected chi connectivity index (χ1v) is 16.3. The van der Waals surface area contributed by atoms with E-state index in [1.54, 1.807) is 6.20 Å². The second-order valence-corrected chi connectivity index (χ2v) is 10.7. The van der Waals surface area contributed by atoms with Crippen LogP contribution in [0.3, 0.4) is 0 Å². The summed E-state index contributed by atoms with van der Waals surface area (Å²) < 4.78 is 0. The summed E-state index contributed by atoms with van der Waals surface area (Å²) in [6.45, 7) is 20.5. The average Bonchev–Trinajstić information content (AvgIpc) is 3.06. The van der Waals surface area contributed by atoms with E-state index >= 15 is 0 Å². The minimum Gasteiger partial charge on any atom is -0.370 e. The zero-order valence-electron chi connectivity index (χ0n) is 28.7. The van der Waals surface area contributed by atoms with Crippen LogP contribution in [0.15, 0.2) is 96.0 Å². The number of benzene rings is 2. The maximum atomic E-state index is 12.1. The number of nitrogens with one attached hydrogen (secondary N) is 4. The van der Waals surface area contributed by atoms with Crippen LogP contribution in [0.5, 0.6) is 0 Å². The normalized spacial score (nSPS) is 10.2. The van der Waals surface area contributed by atoms with Gasteiger partial charge in [-0.3, -0.25) is 4.79 Å². The second kappa shape index (κ2) is 30.6. The van der Waals surface area contributed by atoms with E-state index in [0.717, 1.165) is 54.3 Å². The molecule has 1 unspecified atom stereocenters. The van der Waals surface area contributed by atoms with Crippen LogP contribution in [0.1, 0.15) is 72.8 Å². The smallest absolute Gasteiger partial charge is 0.224 e. The zero-order valence-corrected chi connectivity index (χ0v) is 29.6. The highest BCUT2D eigenvalue weighted by atomic mass is 32.1. The van der Waals surface area contributed by atoms with E-state index < -0.39 is 0 Å². The molecule has 1 aromatic heterocycles. The van der Waals surface area contributed by atoms with Crippen LogP contribution in [0.25, 0.3) is 0 Å². The molecule has 4 N–H and O–H groups in total. The largest absolute Gasteiger partial charge is 0.370 e. The Morgan fingerprint density at radius 1 is 0.911 bits per heavy atom. The molecule has 0 aliphatic rings. The van der Waals surface area contributed by atoms with Crippen molar-refractivity contribution in [3.8, 4) is 0 Å². The number of carbonyl (C=O) groups is 2. The van der Waals surface area contributed by atoms with E-state index in [1.165, 1.54) is 12.0 Å². The third-order valence-corrected chi connectivity index (χ3v) is 6.28. The number of nitrogens with zero attached hydrogens (tertiary/aromatic N) is 1. The van der Waals surface area contributed by atoms with Gasteiger partial charge in [-0.25, -0.2) is 4.98 Å². The fraction of sp³-hybridized carbons (Fsp3) is 0.432. The molecule has 3 aromatic rings. The van der Waals surface area contributed by atoms with Gasteiger partial charge in [-0.1, -0.05) is 83.2 Å². The van der Waals surface area contributed by atoms with Gasteiger partial charge in [0, 0.05) is 41.8 Å². The molecule has 1 atom stereocenters. The van der Waals surface area contributed by atoms with E-state index in [0.29, 0.717) is 12.5 Å². The number of pyridine rings is 1. The predicted octanol–water partition coefficient (Wildman–Crippen LogP) is 8.22. The Kier molecular flexibility index (Phi) is 29.7. The lowest BCUT2D eigenvalue weighted by molar-refractivity contribution is -0.116. The molecule has 0 spiro atoms. The predicted molar refractivity (Wildman–Crippen MR) is 199 cm³/mol. The fourth-order valence-electron chi connectivity index (χ4n) is 3.66. The molecule has 0 aliphatic carbocycles. The Morgan fingerprint density at radius 2 is 1.53 bits per heavy atom. The van der Waals surface area contributed by atoms with Gasteiger partial charge in [0.2, 0.25) is 5.91 Å². The molecule has 45 heavy (non-hydrogen) atoms. The highest BCUT2D eigenvalue weighted by Crippen LogP contribution is 2.14. The van der Waals surface area contributed by atoms with Crippen molar-refractivity contribution in [2.75, 3.05) is 30.8 Å². The number of thiol groups is 1. The Labute approximate surface area is 279 Å². The van der Waals surface area contributed by atoms with Gasteiger partial charge in [-0.15, -0.1) is 12.6 Å². The number of aromatic nitrogens is 1. The van der Waals surface area contributed by atoms with Crippen LogP contribution in [0.2, 0.25) is 0 Å². The van der Waals surface area contributed by atoms with E-state index in [2.05, 4.69) is 78.4 Å². The summed E-state index contributed by atoms with van der Waals surface area (Å²) in [4.78, 5) is 25.3. The Hall–Kier alpha value is -3.46. The Bertz CT molecular complexity index is 1100. The van der Waals surface area contributed by atoms with Crippen LogP contribution in [0.4, 0.5) is 11.5 Å². The molecule has 3 rings (SSSR count). The summed E-state index contributed by atoms with van der Waals surface area (Å²) in [6, 6.07) is 24.5. The number of likely N-dealkylation sites (N-methyl/N-ethyl adjacent to an activating group) is 1. The van der Waals surface area contributed by atoms with Crippen molar-refractivity contribution >= 4 is 36.8 Å². The molecule has 250 valence electrons. The summed E-state index contributed by atoms with van der Waals surface area (Å²) in [5.74, 6) is 0.921. The van der Waals surface area contributed by atoms with Crippen molar-refractivity contribution in [2.24, 2.45) is 0 Å². The number of rotatable bonds is 14. The topological polar surface area (TPSA) is 95.2 Å². The number of hydrogen-bond acceptors (Lipinski definition) is 7. The average molecular weight is 638 g/mol. The molecule has 8 heteroatoms. The number of amides is 1. The van der Waals surface area contributed by atoms with Gasteiger partial charge in [0.05, 0.1) is 0 Å². The first kappa shape index (κ1) is 43.7. The first-order valence-electron chi connectivity index (χ1n) is 15.9. The summed E-state index contributed by atoms with van der Waals surface area (Å²) in [6.07, 6.45) is 6.17. The molecule has 7 nitrogen and oxygen atoms in total. The van der Waals surface area contributed by atoms with Crippen molar-refractivity contribution < 1.29 is 9.59 Å². The van der Waals surface area contributed by atoms with Crippen LogP contribution < -0.4 is 21.3 Å². The van der Waals surface area contributed by atoms with Crippen LogP contribution in [-0.2, 0) is 16.0 Å². The molecule has 0 aliphatic heterocycles. The van der Waals surface area contributed by atoms with Gasteiger partial charge in [0.25, 0.3) is 0 Å². The highest BCUT2D eigenvalue weighted by Gasteiger charge is 2.08. The van der Waals surface area contributed by atoms with Crippen LogP contribution >= 0.6 is 12.6 Å². The third kappa shape index (κ3) is 25.6. The molecular weight excluding hydrogens is 579 g/mol. The molecular formula is C37H59N5O2S. The highest BCUT2D eigenvalue weighted by molar-refractivity contribution is 7.80. The van der Waals surface area contributed by atoms with Gasteiger partial charge < -0.3 is 26.1 Å². The van der Waals surface area contributed by atoms with E-state index in [9.17, 15) is 4.79 Å². The van der Waals surface area contributed by atoms with E-state index in [4.69, 9.17) is 4.79 Å². The minimum atomic E-state index is 0.0515. The van der Waals surface area contributed by atoms with E-state index in [-0.39, 0.29) is 11.9 Å². The zero-order chi connectivity index (χ0) is 34.3. The van der Waals surface area contributed by atoms with Crippen molar-refractivity contribution in [3.63, 3.8) is 0 Å². The molecule has 0 saturated heterocycles. The maximum absolute atomic E-state index is 12.1. The van der Waals surface area contributed by atoms with Crippen molar-refractivity contribution in [1.82, 2.24) is 15.6 Å². The molecule has 2 aromatic carbocycles. The lowest BCUT2D eigenvalue weighted by Gasteiger charge is -2.16. The molecule has 0 bridgehead atoms. The lowest BCUT2D eigenvalue weighted by Crippen LogP contribution is -2.28. The first-order chi connectivity index (χ1) is 21.7. The molecule has 0 radical (unpaired) electrons. The maximum Gasteiger partial charge on any atom is 0.224 e. The van der Waals surface area contributed by atoms with Crippen molar-refractivity contribution in [3.05, 3.63) is 96.7 Å². The Balaban J connectivity index is 0. The van der Waals surface area contributed by atoms with Crippen molar-refractivity contribution in [2.45, 2.75) is 90.6 Å². The summed E-state index contributed by atoms with van der Waals surface area (Å²) >= 11 is 4.08. The van der Waals surface area contributed by atoms with Crippen LogP contribution in [-0.4, -0.2) is 49.9 Å². The van der Waals surface area contributed by atoms with Gasteiger partial charge in [0.1, 0.15) is 12.6 Å². The number of unbranched alkanes of at least 4 members (excludes halogenated alkanes) is 1. The minimum absolute atomic E-state index is 0.0515. The lowest BCUT2D eigenvalue weighted by atomic mass is 10.0. The Morgan fingerprint density at radius 3 is 1.98 bits per heavy atom. The van der Waals surface area contributed by atoms with E-state index in [1.807, 2.05) is 95.3 Å². The van der Waals surface area contributed by atoms with Gasteiger partial charge in [-0.2, -0.15) is 0 Å². The third-order valence-electron chi connectivity index (χ3n) is 5.98. The standard InChI is InChI=1S/C22H30N4O.C6H15N.C6H6S.C2H6.CH2O/c1-17(2)20(23-3)16-18-10-12-19(13-11-18)26-22(27)9-5-7-15-25-21-8-4-6-14-24-21;1-4-5-7-6(2)3;7-6-4-2-1-3-5-6;2*1-2/h4,6,8,10-14,20,23H,1,5,7,9,15-16H2,2-3H3,(H,24,25)(H,26,27);6-7H,4-5H2,1-3H3;1-5,7H;1-2H3;1H2. The van der Waals surface area contributed by atoms with Gasteiger partial charge in [0.15, 0.2) is 0 Å². The summed E-state index contributed by atoms with van der Waals surface area (Å²) in [5.41, 5.74) is 3.18. The number of anilines is 2. The van der Waals surface area contributed by atoms with Crippen LogP contribution in [0, 0.1) is 0 Å². The van der Waals surface area contributed by atoms with Gasteiger partial charge in [-0.05, 0) is 88.2 Å². The van der Waals surface area contributed by atoms with Crippen molar-refractivity contribution in [1.29, 1.82) is 0 Å². The van der Waals surface area contributed by atoms with Gasteiger partial charge >= 0.3 is 0 Å². The molecule has 0 saturated carbocycles. The molecule has 1 amide bonds. The monoisotopic (exact) mass is 637 g/mol. The quantitative estimate of drug-likeness (QED) is 0.0695. The SMILES string of the molecule is C=C(C)C(Cc1ccc(NC(=O)CCCCNc2ccccn2)cc1)NC.C=O.CC.CCCNC(C)C.Sc1ccccc1. The summed E-state index contributed by atoms with van der Waals surface area (Å²) in [7, 11) is 1.94. The molecule has 1 heterocycles. The second-order valence-electron chi connectivity index (χ2n) is 10.2. The fourth-order valence-corrected chi connectivity index (χ4v) is 3.83.